The number of carboxylic acids is 1. The highest BCUT2D eigenvalue weighted by molar-refractivity contribution is 5.96. The van der Waals surface area contributed by atoms with Crippen LogP contribution in [0.15, 0.2) is 30.3 Å². The summed E-state index contributed by atoms with van der Waals surface area (Å²) >= 11 is 0. The van der Waals surface area contributed by atoms with Gasteiger partial charge in [0, 0.05) is 13.0 Å². The van der Waals surface area contributed by atoms with Crippen LogP contribution in [0.2, 0.25) is 0 Å². The fourth-order valence-corrected chi connectivity index (χ4v) is 5.39. The number of nitrogens with one attached hydrogen (secondary N) is 4. The highest BCUT2D eigenvalue weighted by Crippen LogP contribution is 2.20. The van der Waals surface area contributed by atoms with E-state index in [1.807, 2.05) is 39.0 Å². The van der Waals surface area contributed by atoms with Crippen molar-refractivity contribution in [3.8, 4) is 0 Å². The van der Waals surface area contributed by atoms with Crippen molar-refractivity contribution in [3.63, 3.8) is 0 Å². The van der Waals surface area contributed by atoms with Crippen LogP contribution >= 0.6 is 0 Å². The third kappa shape index (κ3) is 12.1. The van der Waals surface area contributed by atoms with Gasteiger partial charge in [0.05, 0.1) is 18.5 Å². The van der Waals surface area contributed by atoms with Gasteiger partial charge >= 0.3 is 5.97 Å². The van der Waals surface area contributed by atoms with Crippen molar-refractivity contribution in [1.29, 1.82) is 0 Å². The van der Waals surface area contributed by atoms with E-state index in [1.54, 1.807) is 19.1 Å². The first-order valence-corrected chi connectivity index (χ1v) is 16.2. The molecule has 1 heterocycles. The molecule has 0 radical (unpaired) electrons. The Hall–Kier alpha value is -4.33. The maximum atomic E-state index is 14.0. The third-order valence-corrected chi connectivity index (χ3v) is 8.17. The van der Waals surface area contributed by atoms with E-state index in [9.17, 15) is 33.6 Å². The molecule has 7 N–H and O–H groups in total. The summed E-state index contributed by atoms with van der Waals surface area (Å²) in [6.07, 6.45) is 1.76. The summed E-state index contributed by atoms with van der Waals surface area (Å²) in [5.74, 6) is -4.69. The van der Waals surface area contributed by atoms with Crippen molar-refractivity contribution in [2.24, 2.45) is 17.6 Å². The number of amides is 5. The monoisotopic (exact) mass is 658 g/mol. The molecular formula is C33H50N6O8. The minimum absolute atomic E-state index is 0.0542. The zero-order valence-corrected chi connectivity index (χ0v) is 27.9. The average molecular weight is 659 g/mol. The summed E-state index contributed by atoms with van der Waals surface area (Å²) in [6, 6.07) is 2.89. The van der Waals surface area contributed by atoms with E-state index in [1.165, 1.54) is 11.8 Å². The molecule has 2 rings (SSSR count). The zero-order chi connectivity index (χ0) is 35.3. The molecule has 1 aliphatic rings. The number of rotatable bonds is 18. The first-order chi connectivity index (χ1) is 22.2. The smallest absolute Gasteiger partial charge is 0.305 e. The minimum atomic E-state index is -1.37. The second-order valence-electron chi connectivity index (χ2n) is 12.6. The Kier molecular flexibility index (Phi) is 15.5. The van der Waals surface area contributed by atoms with Crippen LogP contribution in [0.5, 0.6) is 0 Å². The van der Waals surface area contributed by atoms with Crippen LogP contribution in [0.4, 0.5) is 0 Å². The lowest BCUT2D eigenvalue weighted by atomic mass is 9.96. The molecule has 1 aromatic carbocycles. The van der Waals surface area contributed by atoms with Gasteiger partial charge in [-0.3, -0.25) is 28.8 Å². The molecule has 14 nitrogen and oxygen atoms in total. The van der Waals surface area contributed by atoms with Gasteiger partial charge in [-0.1, -0.05) is 64.4 Å². The van der Waals surface area contributed by atoms with Gasteiger partial charge in [0.25, 0.3) is 0 Å². The molecule has 0 spiro atoms. The van der Waals surface area contributed by atoms with E-state index in [-0.39, 0.29) is 24.7 Å². The molecule has 0 saturated carbocycles. The topological polar surface area (TPSA) is 217 Å². The van der Waals surface area contributed by atoms with Crippen LogP contribution in [0, 0.1) is 11.8 Å². The molecule has 0 unspecified atom stereocenters. The van der Waals surface area contributed by atoms with Gasteiger partial charge in [0.15, 0.2) is 0 Å². The van der Waals surface area contributed by atoms with Gasteiger partial charge in [-0.05, 0) is 43.6 Å². The number of carbonyl (C=O) groups excluding carboxylic acids is 6. The number of aldehydes is 1. The molecule has 1 saturated heterocycles. The van der Waals surface area contributed by atoms with Gasteiger partial charge in [0.2, 0.25) is 29.5 Å². The maximum Gasteiger partial charge on any atom is 0.305 e. The van der Waals surface area contributed by atoms with Gasteiger partial charge in [-0.2, -0.15) is 0 Å². The molecule has 47 heavy (non-hydrogen) atoms. The van der Waals surface area contributed by atoms with Crippen LogP contribution in [0.3, 0.4) is 0 Å². The summed E-state index contributed by atoms with van der Waals surface area (Å²) in [4.78, 5) is 90.6. The van der Waals surface area contributed by atoms with Crippen molar-refractivity contribution in [2.75, 3.05) is 6.54 Å². The SMILES string of the molecule is CC[C@H](C)[C@H](NC(=O)[C@@H](N)CC(=O)O)C(=O)N[C@@H](CC(C)C)C(=O)N[C@@H](Cc1ccccc1)C(=O)N1CCC[C@H]1C(=O)N[C@@H](C)C=O. The third-order valence-electron chi connectivity index (χ3n) is 8.17. The van der Waals surface area contributed by atoms with E-state index in [2.05, 4.69) is 21.3 Å². The van der Waals surface area contributed by atoms with E-state index < -0.39 is 78.2 Å². The molecule has 5 amide bonds. The number of carboxylic acid groups (broad SMARTS) is 1. The molecule has 1 aliphatic heterocycles. The van der Waals surface area contributed by atoms with Gasteiger partial charge in [-0.15, -0.1) is 0 Å². The Morgan fingerprint density at radius 3 is 2.15 bits per heavy atom. The van der Waals surface area contributed by atoms with Gasteiger partial charge in [0.1, 0.15) is 30.5 Å². The summed E-state index contributed by atoms with van der Waals surface area (Å²) in [6.45, 7) is 9.11. The molecule has 1 aromatic rings. The second kappa shape index (κ2) is 18.7. The van der Waals surface area contributed by atoms with Crippen LogP contribution in [-0.2, 0) is 40.0 Å². The van der Waals surface area contributed by atoms with Gasteiger partial charge in [-0.25, -0.2) is 0 Å². The Morgan fingerprint density at radius 2 is 1.57 bits per heavy atom. The number of nitrogens with two attached hydrogens (primary N) is 1. The summed E-state index contributed by atoms with van der Waals surface area (Å²) < 4.78 is 0. The minimum Gasteiger partial charge on any atom is -0.481 e. The number of carbonyl (C=O) groups is 7. The largest absolute Gasteiger partial charge is 0.481 e. The van der Waals surface area contributed by atoms with Crippen molar-refractivity contribution >= 4 is 41.8 Å². The Morgan fingerprint density at radius 1 is 0.936 bits per heavy atom. The molecule has 14 heteroatoms. The molecule has 0 aromatic heterocycles. The maximum absolute atomic E-state index is 14.0. The summed E-state index contributed by atoms with van der Waals surface area (Å²) in [5.41, 5.74) is 6.48. The predicted octanol–water partition coefficient (Wildman–Crippen LogP) is 0.272. The predicted molar refractivity (Wildman–Crippen MR) is 173 cm³/mol. The average Bonchev–Trinajstić information content (AvgIpc) is 3.52. The summed E-state index contributed by atoms with van der Waals surface area (Å²) in [5, 5.41) is 19.7. The lowest BCUT2D eigenvalue weighted by Crippen LogP contribution is -2.60. The molecular weight excluding hydrogens is 608 g/mol. The molecule has 1 fully saturated rings. The van der Waals surface area contributed by atoms with E-state index >= 15 is 0 Å². The van der Waals surface area contributed by atoms with Crippen LogP contribution in [-0.4, -0.2) is 94.6 Å². The van der Waals surface area contributed by atoms with Crippen molar-refractivity contribution in [2.45, 2.75) is 109 Å². The number of benzene rings is 1. The van der Waals surface area contributed by atoms with Crippen molar-refractivity contribution in [1.82, 2.24) is 26.2 Å². The van der Waals surface area contributed by atoms with Gasteiger partial charge < -0.3 is 41.8 Å². The fourth-order valence-electron chi connectivity index (χ4n) is 5.39. The summed E-state index contributed by atoms with van der Waals surface area (Å²) in [7, 11) is 0. The number of aliphatic carboxylic acids is 1. The molecule has 0 bridgehead atoms. The Balaban J connectivity index is 2.33. The fraction of sp³-hybridized carbons (Fsp3) is 0.606. The molecule has 260 valence electrons. The van der Waals surface area contributed by atoms with E-state index in [4.69, 9.17) is 10.8 Å². The first-order valence-electron chi connectivity index (χ1n) is 16.2. The normalized spacial score (nSPS) is 18.2. The highest BCUT2D eigenvalue weighted by atomic mass is 16.4. The van der Waals surface area contributed by atoms with Crippen molar-refractivity contribution in [3.05, 3.63) is 35.9 Å². The number of hydrogen-bond donors (Lipinski definition) is 6. The van der Waals surface area contributed by atoms with Crippen LogP contribution in [0.25, 0.3) is 0 Å². The quantitative estimate of drug-likeness (QED) is 0.119. The van der Waals surface area contributed by atoms with Crippen molar-refractivity contribution < 1.29 is 38.7 Å². The molecule has 7 atom stereocenters. The number of likely N-dealkylation sites (tertiary alicyclic amines) is 1. The standard InChI is InChI=1S/C33H50N6O8/c1-6-20(4)28(38-29(43)23(34)17-27(41)42)32(46)36-24(15-19(2)3)30(44)37-25(16-22-11-8-7-9-12-22)33(47)39-14-10-13-26(39)31(45)35-21(5)18-40/h7-9,11-12,18-21,23-26,28H,6,10,13-17,34H2,1-5H3,(H,35,45)(H,36,46)(H,37,44)(H,38,43)(H,41,42)/t20-,21-,23-,24-,25-,26-,28-/m0/s1. The van der Waals surface area contributed by atoms with E-state index in [0.29, 0.717) is 32.1 Å². The van der Waals surface area contributed by atoms with Crippen LogP contribution in [0.1, 0.15) is 72.3 Å². The lowest BCUT2D eigenvalue weighted by Gasteiger charge is -2.31. The zero-order valence-electron chi connectivity index (χ0n) is 27.9. The number of hydrogen-bond acceptors (Lipinski definition) is 8. The lowest BCUT2D eigenvalue weighted by molar-refractivity contribution is -0.142. The molecule has 0 aliphatic carbocycles. The highest BCUT2D eigenvalue weighted by Gasteiger charge is 2.39. The van der Waals surface area contributed by atoms with E-state index in [0.717, 1.165) is 5.56 Å². The first kappa shape index (κ1) is 38.9. The van der Waals surface area contributed by atoms with Crippen LogP contribution < -0.4 is 27.0 Å². The second-order valence-corrected chi connectivity index (χ2v) is 12.6. The Bertz CT molecular complexity index is 1260. The number of nitrogens with zero attached hydrogens (tertiary/aromatic N) is 1. The Labute approximate surface area is 276 Å².